The predicted octanol–water partition coefficient (Wildman–Crippen LogP) is 2.36. The second-order valence-electron chi connectivity index (χ2n) is 5.93. The average Bonchev–Trinajstić information content (AvgIpc) is 3.17. The van der Waals surface area contributed by atoms with Gasteiger partial charge in [-0.2, -0.15) is 0 Å². The topological polar surface area (TPSA) is 77.5 Å². The van der Waals surface area contributed by atoms with Gasteiger partial charge in [0.05, 0.1) is 24.7 Å². The van der Waals surface area contributed by atoms with E-state index in [4.69, 9.17) is 9.72 Å². The summed E-state index contributed by atoms with van der Waals surface area (Å²) in [5.41, 5.74) is 4.58. The maximum atomic E-state index is 9.34. The van der Waals surface area contributed by atoms with Crippen molar-refractivity contribution >= 4 is 16.7 Å². The highest BCUT2D eigenvalue weighted by Gasteiger charge is 2.19. The standard InChI is InChI=1S/C18H19N5O2/c1-11-12(2)22(8-9-24)17-15(11)18-20-16(21-23(18)10-19-17)13-6-4-5-7-14(13)25-3/h4-7,10,24H,8-9H2,1-3H3. The number of nitrogens with zero attached hydrogens (tertiary/aromatic N) is 5. The number of aliphatic hydroxyl groups is 1. The first kappa shape index (κ1) is 15.6. The van der Waals surface area contributed by atoms with Gasteiger partial charge in [-0.1, -0.05) is 12.1 Å². The number of methoxy groups -OCH3 is 1. The molecule has 0 aliphatic carbocycles. The minimum absolute atomic E-state index is 0.0656. The molecule has 0 fully saturated rings. The van der Waals surface area contributed by atoms with E-state index in [-0.39, 0.29) is 6.61 Å². The molecule has 25 heavy (non-hydrogen) atoms. The molecule has 7 nitrogen and oxygen atoms in total. The van der Waals surface area contributed by atoms with Crippen LogP contribution >= 0.6 is 0 Å². The van der Waals surface area contributed by atoms with Gasteiger partial charge in [0.15, 0.2) is 11.5 Å². The van der Waals surface area contributed by atoms with Crippen molar-refractivity contribution in [1.82, 2.24) is 24.1 Å². The summed E-state index contributed by atoms with van der Waals surface area (Å²) in [5.74, 6) is 1.33. The molecule has 0 bridgehead atoms. The number of benzene rings is 1. The normalized spacial score (nSPS) is 11.5. The fourth-order valence-electron chi connectivity index (χ4n) is 3.25. The Morgan fingerprint density at radius 2 is 1.96 bits per heavy atom. The first-order chi connectivity index (χ1) is 12.2. The van der Waals surface area contributed by atoms with Crippen molar-refractivity contribution in [2.45, 2.75) is 20.4 Å². The van der Waals surface area contributed by atoms with Crippen molar-refractivity contribution in [3.05, 3.63) is 41.9 Å². The van der Waals surface area contributed by atoms with Crippen LogP contribution in [0.2, 0.25) is 0 Å². The molecule has 0 aliphatic heterocycles. The first-order valence-corrected chi connectivity index (χ1v) is 8.10. The van der Waals surface area contributed by atoms with E-state index < -0.39 is 0 Å². The molecule has 7 heteroatoms. The molecule has 3 aromatic heterocycles. The summed E-state index contributed by atoms with van der Waals surface area (Å²) < 4.78 is 9.14. The zero-order chi connectivity index (χ0) is 17.6. The monoisotopic (exact) mass is 337 g/mol. The number of aromatic nitrogens is 5. The number of fused-ring (bicyclic) bond motifs is 3. The van der Waals surface area contributed by atoms with Gasteiger partial charge in [0, 0.05) is 12.2 Å². The molecule has 128 valence electrons. The largest absolute Gasteiger partial charge is 0.496 e. The first-order valence-electron chi connectivity index (χ1n) is 8.10. The summed E-state index contributed by atoms with van der Waals surface area (Å²) in [6.45, 7) is 4.65. The smallest absolute Gasteiger partial charge is 0.185 e. The van der Waals surface area contributed by atoms with Gasteiger partial charge < -0.3 is 14.4 Å². The Balaban J connectivity index is 2.00. The Morgan fingerprint density at radius 3 is 2.72 bits per heavy atom. The second-order valence-corrected chi connectivity index (χ2v) is 5.93. The lowest BCUT2D eigenvalue weighted by molar-refractivity contribution is 0.276. The van der Waals surface area contributed by atoms with Crippen LogP contribution in [0.4, 0.5) is 0 Å². The molecule has 0 atom stereocenters. The fraction of sp³-hybridized carbons (Fsp3) is 0.278. The zero-order valence-electron chi connectivity index (χ0n) is 14.4. The maximum Gasteiger partial charge on any atom is 0.185 e. The van der Waals surface area contributed by atoms with Gasteiger partial charge in [-0.05, 0) is 31.5 Å². The summed E-state index contributed by atoms with van der Waals surface area (Å²) in [4.78, 5) is 9.29. The molecule has 0 amide bonds. The maximum absolute atomic E-state index is 9.34. The van der Waals surface area contributed by atoms with Gasteiger partial charge in [-0.15, -0.1) is 5.10 Å². The van der Waals surface area contributed by atoms with E-state index in [9.17, 15) is 5.11 Å². The van der Waals surface area contributed by atoms with Gasteiger partial charge in [0.25, 0.3) is 0 Å². The molecule has 0 spiro atoms. The van der Waals surface area contributed by atoms with Crippen LogP contribution in [0.5, 0.6) is 5.75 Å². The highest BCUT2D eigenvalue weighted by molar-refractivity contribution is 5.94. The molecule has 1 N–H and O–H groups in total. The van der Waals surface area contributed by atoms with Gasteiger partial charge in [0.1, 0.15) is 17.7 Å². The molecule has 0 saturated heterocycles. The number of hydrogen-bond acceptors (Lipinski definition) is 5. The van der Waals surface area contributed by atoms with Gasteiger partial charge in [-0.3, -0.25) is 0 Å². The van der Waals surface area contributed by atoms with E-state index in [1.54, 1.807) is 18.0 Å². The van der Waals surface area contributed by atoms with Crippen molar-refractivity contribution < 1.29 is 9.84 Å². The summed E-state index contributed by atoms with van der Waals surface area (Å²) in [6.07, 6.45) is 1.66. The molecule has 0 unspecified atom stereocenters. The van der Waals surface area contributed by atoms with Crippen LogP contribution in [0.25, 0.3) is 28.1 Å². The van der Waals surface area contributed by atoms with Crippen LogP contribution in [0.3, 0.4) is 0 Å². The van der Waals surface area contributed by atoms with Crippen LogP contribution in [-0.4, -0.2) is 43.0 Å². The van der Waals surface area contributed by atoms with Crippen LogP contribution in [-0.2, 0) is 6.54 Å². The van der Waals surface area contributed by atoms with Crippen molar-refractivity contribution in [3.63, 3.8) is 0 Å². The minimum Gasteiger partial charge on any atom is -0.496 e. The molecular formula is C18H19N5O2. The SMILES string of the molecule is COc1ccccc1-c1nc2c3c(C)c(C)n(CCO)c3ncn2n1. The van der Waals surface area contributed by atoms with Crippen LogP contribution in [0, 0.1) is 13.8 Å². The lowest BCUT2D eigenvalue weighted by Crippen LogP contribution is -2.05. The van der Waals surface area contributed by atoms with E-state index in [0.717, 1.165) is 39.3 Å². The summed E-state index contributed by atoms with van der Waals surface area (Å²) in [6, 6.07) is 7.68. The Hall–Kier alpha value is -2.93. The Kier molecular flexibility index (Phi) is 3.65. The van der Waals surface area contributed by atoms with Gasteiger partial charge in [-0.25, -0.2) is 14.5 Å². The zero-order valence-corrected chi connectivity index (χ0v) is 14.4. The van der Waals surface area contributed by atoms with Gasteiger partial charge in [0.2, 0.25) is 0 Å². The number of ether oxygens (including phenoxy) is 1. The van der Waals surface area contributed by atoms with Crippen LogP contribution in [0.15, 0.2) is 30.6 Å². The van der Waals surface area contributed by atoms with E-state index >= 15 is 0 Å². The van der Waals surface area contributed by atoms with Crippen molar-refractivity contribution in [2.75, 3.05) is 13.7 Å². The van der Waals surface area contributed by atoms with E-state index in [1.807, 2.05) is 42.7 Å². The lowest BCUT2D eigenvalue weighted by atomic mass is 10.2. The average molecular weight is 337 g/mol. The Morgan fingerprint density at radius 1 is 1.16 bits per heavy atom. The molecule has 3 heterocycles. The number of aryl methyl sites for hydroxylation is 1. The molecular weight excluding hydrogens is 318 g/mol. The molecule has 4 rings (SSSR count). The van der Waals surface area contributed by atoms with E-state index in [2.05, 4.69) is 10.1 Å². The predicted molar refractivity (Wildman–Crippen MR) is 94.8 cm³/mol. The number of para-hydroxylation sites is 1. The fourth-order valence-corrected chi connectivity index (χ4v) is 3.25. The number of hydrogen-bond donors (Lipinski definition) is 1. The number of rotatable bonds is 4. The molecule has 4 aromatic rings. The summed E-state index contributed by atoms with van der Waals surface area (Å²) in [5, 5.41) is 14.9. The quantitative estimate of drug-likeness (QED) is 0.618. The summed E-state index contributed by atoms with van der Waals surface area (Å²) in [7, 11) is 1.64. The molecule has 0 radical (unpaired) electrons. The third-order valence-electron chi connectivity index (χ3n) is 4.62. The van der Waals surface area contributed by atoms with Crippen molar-refractivity contribution in [2.24, 2.45) is 0 Å². The van der Waals surface area contributed by atoms with Gasteiger partial charge >= 0.3 is 0 Å². The lowest BCUT2D eigenvalue weighted by Gasteiger charge is -2.04. The highest BCUT2D eigenvalue weighted by Crippen LogP contribution is 2.30. The second kappa shape index (κ2) is 5.86. The molecule has 0 aliphatic rings. The minimum atomic E-state index is 0.0656. The third kappa shape index (κ3) is 2.27. The van der Waals surface area contributed by atoms with Crippen molar-refractivity contribution in [3.8, 4) is 17.1 Å². The van der Waals surface area contributed by atoms with E-state index in [1.165, 1.54) is 0 Å². The van der Waals surface area contributed by atoms with Crippen LogP contribution < -0.4 is 4.74 Å². The Labute approximate surface area is 144 Å². The molecule has 1 aromatic carbocycles. The molecule has 0 saturated carbocycles. The number of aliphatic hydroxyl groups excluding tert-OH is 1. The summed E-state index contributed by atoms with van der Waals surface area (Å²) >= 11 is 0. The van der Waals surface area contributed by atoms with Crippen molar-refractivity contribution in [1.29, 1.82) is 0 Å². The Bertz CT molecular complexity index is 1080. The third-order valence-corrected chi connectivity index (χ3v) is 4.62. The van der Waals surface area contributed by atoms with Crippen LogP contribution in [0.1, 0.15) is 11.3 Å². The van der Waals surface area contributed by atoms with E-state index in [0.29, 0.717) is 12.4 Å². The highest BCUT2D eigenvalue weighted by atomic mass is 16.5.